The van der Waals surface area contributed by atoms with E-state index in [2.05, 4.69) is 164 Å². The Labute approximate surface area is 271 Å². The molecule has 1 aromatic heterocycles. The van der Waals surface area contributed by atoms with Crippen LogP contribution in [0.5, 0.6) is 0 Å². The Kier molecular flexibility index (Phi) is 9.92. The molecule has 0 unspecified atom stereocenters. The van der Waals surface area contributed by atoms with E-state index in [9.17, 15) is 0 Å². The fourth-order valence-corrected chi connectivity index (χ4v) is 11.7. The zero-order valence-corrected chi connectivity index (χ0v) is 27.6. The minimum absolute atomic E-state index is 0.224. The summed E-state index contributed by atoms with van der Waals surface area (Å²) < 4.78 is 2.48. The SMILES string of the molecule is CCCc1cccc([Si](Cn2ccnc2BC(c2ccccc2)c2ccccc2)(c2ccccc2)c2cccc(CCC)c2)c1. The van der Waals surface area contributed by atoms with Crippen molar-refractivity contribution in [2.45, 2.75) is 51.5 Å². The van der Waals surface area contributed by atoms with Crippen molar-refractivity contribution >= 4 is 36.6 Å². The van der Waals surface area contributed by atoms with Crippen LogP contribution in [-0.4, -0.2) is 24.9 Å². The van der Waals surface area contributed by atoms with Crippen LogP contribution in [0.4, 0.5) is 0 Å². The monoisotopic (exact) mass is 602 g/mol. The largest absolute Gasteiger partial charge is 0.345 e. The summed E-state index contributed by atoms with van der Waals surface area (Å²) in [6.45, 7) is 4.55. The van der Waals surface area contributed by atoms with Crippen LogP contribution in [0.25, 0.3) is 0 Å². The van der Waals surface area contributed by atoms with Gasteiger partial charge in [-0.3, -0.25) is 4.98 Å². The Morgan fingerprint density at radius 3 is 1.60 bits per heavy atom. The molecule has 6 aromatic rings. The van der Waals surface area contributed by atoms with Crippen molar-refractivity contribution in [1.82, 2.24) is 9.55 Å². The van der Waals surface area contributed by atoms with E-state index >= 15 is 0 Å². The van der Waals surface area contributed by atoms with Gasteiger partial charge in [-0.05, 0) is 56.5 Å². The van der Waals surface area contributed by atoms with Crippen molar-refractivity contribution in [3.63, 3.8) is 0 Å². The molecule has 4 heteroatoms. The lowest BCUT2D eigenvalue weighted by Crippen LogP contribution is -2.70. The molecule has 0 saturated heterocycles. The van der Waals surface area contributed by atoms with Crippen LogP contribution in [0.1, 0.15) is 54.8 Å². The first-order valence-corrected chi connectivity index (χ1v) is 18.8. The summed E-state index contributed by atoms with van der Waals surface area (Å²) in [6, 6.07) is 52.2. The van der Waals surface area contributed by atoms with Crippen LogP contribution in [-0.2, 0) is 19.0 Å². The molecule has 2 nitrogen and oxygen atoms in total. The van der Waals surface area contributed by atoms with Crippen molar-refractivity contribution in [2.24, 2.45) is 0 Å². The predicted molar refractivity (Wildman–Crippen MR) is 196 cm³/mol. The fraction of sp³-hybridized carbons (Fsp3) is 0.195. The van der Waals surface area contributed by atoms with Crippen molar-refractivity contribution in [2.75, 3.05) is 0 Å². The summed E-state index contributed by atoms with van der Waals surface area (Å²) in [4.78, 5) is 5.05. The van der Waals surface area contributed by atoms with Gasteiger partial charge in [0.2, 0.25) is 7.28 Å². The molecule has 1 heterocycles. The summed E-state index contributed by atoms with van der Waals surface area (Å²) in [7, 11) is -1.73. The van der Waals surface area contributed by atoms with Crippen molar-refractivity contribution in [3.8, 4) is 0 Å². The number of benzene rings is 5. The molecule has 0 fully saturated rings. The van der Waals surface area contributed by atoms with Crippen molar-refractivity contribution in [3.05, 3.63) is 174 Å². The molecule has 0 bridgehead atoms. The third kappa shape index (κ3) is 6.82. The minimum atomic E-state index is -2.57. The molecule has 0 N–H and O–H groups in total. The number of hydrogen-bond acceptors (Lipinski definition) is 1. The summed E-state index contributed by atoms with van der Waals surface area (Å²) in [5.74, 6) is 0.224. The summed E-state index contributed by atoms with van der Waals surface area (Å²) in [5, 5.41) is 4.38. The molecule has 6 rings (SSSR count). The van der Waals surface area contributed by atoms with E-state index in [1.165, 1.54) is 37.8 Å². The van der Waals surface area contributed by atoms with Crippen LogP contribution in [0, 0.1) is 0 Å². The zero-order chi connectivity index (χ0) is 30.9. The smallest absolute Gasteiger partial charge is 0.217 e. The Morgan fingerprint density at radius 1 is 0.600 bits per heavy atom. The van der Waals surface area contributed by atoms with Gasteiger partial charge >= 0.3 is 0 Å². The van der Waals surface area contributed by atoms with Crippen LogP contribution >= 0.6 is 0 Å². The zero-order valence-electron chi connectivity index (χ0n) is 26.6. The maximum absolute atomic E-state index is 5.05. The number of imidazole rings is 1. The maximum atomic E-state index is 5.05. The van der Waals surface area contributed by atoms with Crippen LogP contribution in [0.2, 0.25) is 0 Å². The second-order valence-corrected chi connectivity index (χ2v) is 16.1. The van der Waals surface area contributed by atoms with Gasteiger partial charge in [0, 0.05) is 18.6 Å². The lowest BCUT2D eigenvalue weighted by Gasteiger charge is -2.35. The van der Waals surface area contributed by atoms with Gasteiger partial charge < -0.3 is 4.57 Å². The molecule has 0 saturated carbocycles. The first kappa shape index (κ1) is 30.6. The third-order valence-electron chi connectivity index (χ3n) is 9.18. The maximum Gasteiger partial charge on any atom is 0.217 e. The molecule has 5 aromatic carbocycles. The molecule has 0 amide bonds. The lowest BCUT2D eigenvalue weighted by atomic mass is 9.58. The summed E-state index contributed by atoms with van der Waals surface area (Å²) in [6.07, 6.45) is 9.59. The van der Waals surface area contributed by atoms with Gasteiger partial charge in [0.15, 0.2) is 8.07 Å². The normalized spacial score (nSPS) is 11.5. The highest BCUT2D eigenvalue weighted by Crippen LogP contribution is 2.23. The molecule has 0 spiro atoms. The van der Waals surface area contributed by atoms with Gasteiger partial charge in [-0.15, -0.1) is 0 Å². The van der Waals surface area contributed by atoms with E-state index < -0.39 is 8.07 Å². The Morgan fingerprint density at radius 2 is 1.09 bits per heavy atom. The fourth-order valence-electron chi connectivity index (χ4n) is 6.97. The Balaban J connectivity index is 1.52. The Bertz CT molecular complexity index is 1690. The van der Waals surface area contributed by atoms with Gasteiger partial charge in [-0.25, -0.2) is 0 Å². The van der Waals surface area contributed by atoms with E-state index in [0.717, 1.165) is 44.9 Å². The Hall–Kier alpha value is -4.41. The quantitative estimate of drug-likeness (QED) is 0.111. The predicted octanol–water partition coefficient (Wildman–Crippen LogP) is 6.35. The number of rotatable bonds is 13. The van der Waals surface area contributed by atoms with Crippen molar-refractivity contribution in [1.29, 1.82) is 0 Å². The molecule has 224 valence electrons. The average molecular weight is 603 g/mol. The molecular formula is C41H43BN2Si. The topological polar surface area (TPSA) is 17.8 Å². The number of nitrogens with zero attached hydrogens (tertiary/aromatic N) is 2. The van der Waals surface area contributed by atoms with E-state index in [-0.39, 0.29) is 5.82 Å². The molecule has 0 aliphatic rings. The highest BCUT2D eigenvalue weighted by Gasteiger charge is 2.41. The van der Waals surface area contributed by atoms with E-state index in [1.807, 2.05) is 6.20 Å². The van der Waals surface area contributed by atoms with Gasteiger partial charge in [-0.2, -0.15) is 0 Å². The summed E-state index contributed by atoms with van der Waals surface area (Å²) >= 11 is 0. The highest BCUT2D eigenvalue weighted by atomic mass is 28.3. The highest BCUT2D eigenvalue weighted by molar-refractivity contribution is 7.10. The molecule has 45 heavy (non-hydrogen) atoms. The van der Waals surface area contributed by atoms with E-state index in [1.54, 1.807) is 0 Å². The van der Waals surface area contributed by atoms with Gasteiger partial charge in [0.25, 0.3) is 0 Å². The van der Waals surface area contributed by atoms with Gasteiger partial charge in [0.1, 0.15) is 0 Å². The number of hydrogen-bond donors (Lipinski definition) is 0. The third-order valence-corrected chi connectivity index (χ3v) is 13.9. The van der Waals surface area contributed by atoms with E-state index in [0.29, 0.717) is 0 Å². The van der Waals surface area contributed by atoms with Gasteiger partial charge in [0.05, 0.1) is 5.72 Å². The van der Waals surface area contributed by atoms with E-state index in [4.69, 9.17) is 4.98 Å². The minimum Gasteiger partial charge on any atom is -0.345 e. The van der Waals surface area contributed by atoms with Gasteiger partial charge in [-0.1, -0.05) is 166 Å². The lowest BCUT2D eigenvalue weighted by molar-refractivity contribution is 0.888. The van der Waals surface area contributed by atoms with Crippen LogP contribution in [0.3, 0.4) is 0 Å². The summed E-state index contributed by atoms with van der Waals surface area (Å²) in [5.41, 5.74) is 6.63. The molecular weight excluding hydrogens is 559 g/mol. The molecule has 0 aliphatic carbocycles. The van der Waals surface area contributed by atoms with Crippen LogP contribution in [0.15, 0.2) is 152 Å². The first-order valence-electron chi connectivity index (χ1n) is 16.6. The second kappa shape index (κ2) is 14.6. The van der Waals surface area contributed by atoms with Crippen molar-refractivity contribution < 1.29 is 0 Å². The average Bonchev–Trinajstić information content (AvgIpc) is 3.54. The molecule has 0 atom stereocenters. The number of aromatic nitrogens is 2. The standard InChI is InChI=1S/C41H43BN2Si/c1-3-16-33-18-14-26-38(30-33)45(37-24-12-7-13-25-37,39-27-15-19-34(31-39)17-4-2)32-44-29-28-43-41(44)42-40(35-20-8-5-9-21-35)36-22-10-6-11-23-36/h5-15,18-31,40,42H,3-4,16-17,32H2,1-2H3. The van der Waals surface area contributed by atoms with Crippen LogP contribution < -0.4 is 21.3 Å². The second-order valence-electron chi connectivity index (χ2n) is 12.2. The first-order chi connectivity index (χ1) is 22.2. The number of aryl methyl sites for hydroxylation is 2. The molecule has 0 radical (unpaired) electrons. The molecule has 0 aliphatic heterocycles.